The number of nitrogens with zero attached hydrogens (tertiary/aromatic N) is 2. The van der Waals surface area contributed by atoms with Crippen LogP contribution >= 0.6 is 0 Å². The minimum Gasteiger partial charge on any atom is -0.194 e. The molecule has 0 spiro atoms. The third-order valence-electron chi connectivity index (χ3n) is 8.57. The molecule has 2 nitrogen and oxygen atoms in total. The maximum Gasteiger partial charge on any atom is 0.218 e. The third kappa shape index (κ3) is 3.25. The van der Waals surface area contributed by atoms with Crippen molar-refractivity contribution in [1.29, 1.82) is 0 Å². The summed E-state index contributed by atoms with van der Waals surface area (Å²) in [6.07, 6.45) is 7.87. The van der Waals surface area contributed by atoms with Crippen molar-refractivity contribution in [1.82, 2.24) is 0 Å². The number of aromatic nitrogens is 2. The molecule has 2 heteroatoms. The minimum absolute atomic E-state index is 0.218. The Morgan fingerprint density at radius 1 is 0.676 bits per heavy atom. The fourth-order valence-electron chi connectivity index (χ4n) is 6.47. The van der Waals surface area contributed by atoms with E-state index in [9.17, 15) is 0 Å². The van der Waals surface area contributed by atoms with Crippen molar-refractivity contribution in [3.05, 3.63) is 139 Å². The SMILES string of the molecule is CC1[n+]2ccccc2-c2ccc(-c3ccccc3)cc2C1(C)C1=CCc2ccccc2-c2cccc[n+]21. The van der Waals surface area contributed by atoms with Gasteiger partial charge in [-0.2, -0.15) is 9.13 Å². The van der Waals surface area contributed by atoms with E-state index in [4.69, 9.17) is 0 Å². The van der Waals surface area contributed by atoms with Gasteiger partial charge < -0.3 is 0 Å². The van der Waals surface area contributed by atoms with Crippen LogP contribution in [0.2, 0.25) is 0 Å². The lowest BCUT2D eigenvalue weighted by Crippen LogP contribution is -2.58. The zero-order valence-corrected chi connectivity index (χ0v) is 21.3. The molecule has 2 unspecified atom stereocenters. The number of allylic oxidation sites excluding steroid dienone is 2. The number of hydrogen-bond donors (Lipinski definition) is 0. The molecule has 0 N–H and O–H groups in total. The van der Waals surface area contributed by atoms with E-state index in [-0.39, 0.29) is 11.5 Å². The normalized spacial score (nSPS) is 19.5. The van der Waals surface area contributed by atoms with Crippen LogP contribution in [-0.4, -0.2) is 0 Å². The number of fused-ring (bicyclic) bond motifs is 6. The van der Waals surface area contributed by atoms with Gasteiger partial charge in [-0.25, -0.2) is 0 Å². The van der Waals surface area contributed by atoms with Gasteiger partial charge in [-0.3, -0.25) is 0 Å². The fourth-order valence-corrected chi connectivity index (χ4v) is 6.47. The summed E-state index contributed by atoms with van der Waals surface area (Å²) in [5.74, 6) is 0. The average Bonchev–Trinajstić information content (AvgIpc) is 3.14. The maximum atomic E-state index is 2.47. The Morgan fingerprint density at radius 2 is 1.41 bits per heavy atom. The van der Waals surface area contributed by atoms with E-state index in [1.165, 1.54) is 50.5 Å². The second kappa shape index (κ2) is 8.38. The van der Waals surface area contributed by atoms with Crippen LogP contribution in [0.1, 0.15) is 31.0 Å². The minimum atomic E-state index is -0.262. The summed E-state index contributed by atoms with van der Waals surface area (Å²) >= 11 is 0. The van der Waals surface area contributed by atoms with Gasteiger partial charge in [-0.15, -0.1) is 0 Å². The summed E-state index contributed by atoms with van der Waals surface area (Å²) in [5, 5.41) is 0. The van der Waals surface area contributed by atoms with Crippen LogP contribution in [0.25, 0.3) is 39.3 Å². The molecule has 0 radical (unpaired) electrons. The van der Waals surface area contributed by atoms with E-state index in [1.54, 1.807) is 0 Å². The Bertz CT molecular complexity index is 1680. The van der Waals surface area contributed by atoms with Gasteiger partial charge >= 0.3 is 0 Å². The average molecular weight is 479 g/mol. The first-order valence-electron chi connectivity index (χ1n) is 13.2. The molecule has 3 aromatic carbocycles. The largest absolute Gasteiger partial charge is 0.218 e. The Labute approximate surface area is 218 Å². The smallest absolute Gasteiger partial charge is 0.194 e. The molecule has 37 heavy (non-hydrogen) atoms. The molecule has 7 rings (SSSR count). The van der Waals surface area contributed by atoms with E-state index in [2.05, 4.69) is 151 Å². The quantitative estimate of drug-likeness (QED) is 0.237. The van der Waals surface area contributed by atoms with Gasteiger partial charge in [-0.1, -0.05) is 54.6 Å². The first-order chi connectivity index (χ1) is 18.2. The van der Waals surface area contributed by atoms with Gasteiger partial charge in [0.1, 0.15) is 5.41 Å². The van der Waals surface area contributed by atoms with Crippen molar-refractivity contribution in [2.45, 2.75) is 31.7 Å². The molecule has 0 aliphatic carbocycles. The molecule has 0 saturated heterocycles. The van der Waals surface area contributed by atoms with Crippen molar-refractivity contribution >= 4 is 5.70 Å². The van der Waals surface area contributed by atoms with Crippen LogP contribution < -0.4 is 9.13 Å². The number of hydrogen-bond acceptors (Lipinski definition) is 0. The van der Waals surface area contributed by atoms with E-state index in [0.29, 0.717) is 0 Å². The highest BCUT2D eigenvalue weighted by Gasteiger charge is 2.54. The number of benzene rings is 3. The summed E-state index contributed by atoms with van der Waals surface area (Å²) in [7, 11) is 0. The molecular weight excluding hydrogens is 448 g/mol. The molecule has 2 aliphatic rings. The summed E-state index contributed by atoms with van der Waals surface area (Å²) in [5.41, 5.74) is 11.5. The highest BCUT2D eigenvalue weighted by Crippen LogP contribution is 2.49. The lowest BCUT2D eigenvalue weighted by molar-refractivity contribution is -0.722. The van der Waals surface area contributed by atoms with E-state index < -0.39 is 0 Å². The lowest BCUT2D eigenvalue weighted by atomic mass is 9.68. The van der Waals surface area contributed by atoms with Gasteiger partial charge in [-0.05, 0) is 78.9 Å². The van der Waals surface area contributed by atoms with E-state index >= 15 is 0 Å². The molecule has 178 valence electrons. The molecule has 5 aromatic rings. The Kier molecular flexibility index (Phi) is 4.97. The predicted molar refractivity (Wildman–Crippen MR) is 150 cm³/mol. The maximum absolute atomic E-state index is 2.47. The summed E-state index contributed by atoms with van der Waals surface area (Å²) in [6, 6.07) is 40.0. The number of rotatable bonds is 2. The molecule has 2 aromatic heterocycles. The molecule has 2 aliphatic heterocycles. The van der Waals surface area contributed by atoms with Crippen LogP contribution in [0.5, 0.6) is 0 Å². The zero-order valence-electron chi connectivity index (χ0n) is 21.3. The number of pyridine rings is 2. The standard InChI is InChI=1S/C35H30N2/c1-25-35(2,34-21-19-27-14-6-7-15-29(27)32-16-9-11-23-37(32)34)31-24-28(26-12-4-3-5-13-26)18-20-30(31)33-17-8-10-22-36(25)33/h3-18,20-25H,19H2,1-2H3/q+2. The molecular formula is C35H30N2+2. The summed E-state index contributed by atoms with van der Waals surface area (Å²) < 4.78 is 4.91. The highest BCUT2D eigenvalue weighted by atomic mass is 15.1. The summed E-state index contributed by atoms with van der Waals surface area (Å²) in [6.45, 7) is 4.82. The van der Waals surface area contributed by atoms with Crippen LogP contribution in [0, 0.1) is 0 Å². The predicted octanol–water partition coefficient (Wildman–Crippen LogP) is 7.19. The summed E-state index contributed by atoms with van der Waals surface area (Å²) in [4.78, 5) is 0. The van der Waals surface area contributed by atoms with Crippen molar-refractivity contribution in [3.8, 4) is 33.6 Å². The van der Waals surface area contributed by atoms with Crippen LogP contribution in [-0.2, 0) is 11.8 Å². The molecule has 2 atom stereocenters. The lowest BCUT2D eigenvalue weighted by Gasteiger charge is -2.37. The van der Waals surface area contributed by atoms with Crippen LogP contribution in [0.4, 0.5) is 0 Å². The van der Waals surface area contributed by atoms with Crippen molar-refractivity contribution in [3.63, 3.8) is 0 Å². The first kappa shape index (κ1) is 21.9. The van der Waals surface area contributed by atoms with Crippen LogP contribution in [0.15, 0.2) is 128 Å². The second-order valence-electron chi connectivity index (χ2n) is 10.4. The van der Waals surface area contributed by atoms with Gasteiger partial charge in [0.25, 0.3) is 0 Å². The Morgan fingerprint density at radius 3 is 2.27 bits per heavy atom. The van der Waals surface area contributed by atoms with E-state index in [0.717, 1.165) is 6.42 Å². The monoisotopic (exact) mass is 478 g/mol. The van der Waals surface area contributed by atoms with Crippen molar-refractivity contribution in [2.75, 3.05) is 0 Å². The molecule has 0 bridgehead atoms. The first-order valence-corrected chi connectivity index (χ1v) is 13.2. The molecule has 4 heterocycles. The highest BCUT2D eigenvalue weighted by molar-refractivity contribution is 5.77. The van der Waals surface area contributed by atoms with Gasteiger partial charge in [0.15, 0.2) is 18.4 Å². The fraction of sp³-hybridized carbons (Fsp3) is 0.143. The molecule has 0 amide bonds. The van der Waals surface area contributed by atoms with E-state index in [1.807, 2.05) is 0 Å². The van der Waals surface area contributed by atoms with Crippen molar-refractivity contribution < 1.29 is 9.13 Å². The van der Waals surface area contributed by atoms with Gasteiger partial charge in [0.2, 0.25) is 17.1 Å². The molecule has 0 fully saturated rings. The van der Waals surface area contributed by atoms with Gasteiger partial charge in [0, 0.05) is 24.3 Å². The van der Waals surface area contributed by atoms with Crippen LogP contribution in [0.3, 0.4) is 0 Å². The Balaban J connectivity index is 1.52. The third-order valence-corrected chi connectivity index (χ3v) is 8.57. The topological polar surface area (TPSA) is 7.76 Å². The second-order valence-corrected chi connectivity index (χ2v) is 10.4. The van der Waals surface area contributed by atoms with Gasteiger partial charge in [0.05, 0.1) is 11.1 Å². The zero-order chi connectivity index (χ0) is 25.0. The Hall–Kier alpha value is -4.30. The van der Waals surface area contributed by atoms with Crippen molar-refractivity contribution in [2.24, 2.45) is 0 Å². The molecule has 0 saturated carbocycles.